The van der Waals surface area contributed by atoms with Crippen LogP contribution in [0.15, 0.2) is 91.1 Å². The minimum atomic E-state index is -0.101. The Kier molecular flexibility index (Phi) is 9.44. The SMILES string of the molecule is CC1CN(CCN(CCC(c2ccccc2)c2ccccc2)C(=O)Nc2cccc(-c3cnn(C)n3)c2)CC(C)O1. The van der Waals surface area contributed by atoms with E-state index in [1.54, 1.807) is 13.2 Å². The maximum Gasteiger partial charge on any atom is 0.321 e. The molecule has 214 valence electrons. The molecule has 1 fully saturated rings. The van der Waals surface area contributed by atoms with E-state index in [0.29, 0.717) is 13.1 Å². The smallest absolute Gasteiger partial charge is 0.321 e. The van der Waals surface area contributed by atoms with Crippen LogP contribution in [-0.4, -0.2) is 75.8 Å². The van der Waals surface area contributed by atoms with E-state index < -0.39 is 0 Å². The van der Waals surface area contributed by atoms with Crippen molar-refractivity contribution in [1.29, 1.82) is 0 Å². The molecule has 1 aliphatic heterocycles. The lowest BCUT2D eigenvalue weighted by Crippen LogP contribution is -2.49. The number of ether oxygens (including phenoxy) is 1. The van der Waals surface area contributed by atoms with Crippen LogP contribution >= 0.6 is 0 Å². The quantitative estimate of drug-likeness (QED) is 0.275. The number of benzene rings is 3. The Bertz CT molecular complexity index is 1340. The van der Waals surface area contributed by atoms with Crippen molar-refractivity contribution in [3.8, 4) is 11.3 Å². The van der Waals surface area contributed by atoms with Gasteiger partial charge in [0.2, 0.25) is 0 Å². The van der Waals surface area contributed by atoms with Gasteiger partial charge >= 0.3 is 6.03 Å². The highest BCUT2D eigenvalue weighted by Gasteiger charge is 2.24. The summed E-state index contributed by atoms with van der Waals surface area (Å²) in [5.74, 6) is 0.191. The molecule has 5 rings (SSSR count). The van der Waals surface area contributed by atoms with Gasteiger partial charge in [-0.2, -0.15) is 15.0 Å². The van der Waals surface area contributed by atoms with Gasteiger partial charge in [0.05, 0.1) is 18.4 Å². The van der Waals surface area contributed by atoms with Crippen LogP contribution in [0.2, 0.25) is 0 Å². The summed E-state index contributed by atoms with van der Waals surface area (Å²) in [6.07, 6.45) is 2.91. The fourth-order valence-corrected chi connectivity index (χ4v) is 5.66. The molecule has 1 aliphatic rings. The number of morpholine rings is 1. The molecule has 41 heavy (non-hydrogen) atoms. The zero-order chi connectivity index (χ0) is 28.6. The van der Waals surface area contributed by atoms with Gasteiger partial charge in [0.15, 0.2) is 0 Å². The Balaban J connectivity index is 1.33. The van der Waals surface area contributed by atoms with Gasteiger partial charge in [-0.15, -0.1) is 0 Å². The molecule has 2 atom stereocenters. The number of nitrogens with zero attached hydrogens (tertiary/aromatic N) is 5. The topological polar surface area (TPSA) is 75.5 Å². The first-order chi connectivity index (χ1) is 19.9. The minimum Gasteiger partial charge on any atom is -0.373 e. The number of aryl methyl sites for hydroxylation is 1. The van der Waals surface area contributed by atoms with E-state index in [-0.39, 0.29) is 24.2 Å². The zero-order valence-corrected chi connectivity index (χ0v) is 24.2. The Morgan fingerprint density at radius 2 is 1.61 bits per heavy atom. The summed E-state index contributed by atoms with van der Waals surface area (Å²) in [7, 11) is 1.79. The van der Waals surface area contributed by atoms with Crippen molar-refractivity contribution in [1.82, 2.24) is 24.8 Å². The lowest BCUT2D eigenvalue weighted by Gasteiger charge is -2.36. The van der Waals surface area contributed by atoms with Gasteiger partial charge in [0.25, 0.3) is 0 Å². The fraction of sp³-hybridized carbons (Fsp3) is 0.364. The number of carbonyl (C=O) groups excluding carboxylic acids is 1. The van der Waals surface area contributed by atoms with Crippen LogP contribution in [0, 0.1) is 0 Å². The average Bonchev–Trinajstić information content (AvgIpc) is 3.42. The van der Waals surface area contributed by atoms with Gasteiger partial charge < -0.3 is 15.0 Å². The van der Waals surface area contributed by atoms with E-state index in [9.17, 15) is 4.79 Å². The number of hydrogen-bond acceptors (Lipinski definition) is 5. The van der Waals surface area contributed by atoms with Crippen LogP contribution in [0.4, 0.5) is 10.5 Å². The fourth-order valence-electron chi connectivity index (χ4n) is 5.66. The Morgan fingerprint density at radius 3 is 2.22 bits per heavy atom. The minimum absolute atomic E-state index is 0.101. The molecule has 1 N–H and O–H groups in total. The van der Waals surface area contributed by atoms with E-state index in [1.807, 2.05) is 41.3 Å². The Labute approximate surface area is 242 Å². The lowest BCUT2D eigenvalue weighted by molar-refractivity contribution is -0.0686. The largest absolute Gasteiger partial charge is 0.373 e. The molecule has 8 nitrogen and oxygen atoms in total. The summed E-state index contributed by atoms with van der Waals surface area (Å²) in [6, 6.07) is 28.8. The third-order valence-corrected chi connectivity index (χ3v) is 7.57. The van der Waals surface area contributed by atoms with Gasteiger partial charge in [0, 0.05) is 56.9 Å². The summed E-state index contributed by atoms with van der Waals surface area (Å²) in [4.78, 5) is 19.7. The zero-order valence-electron chi connectivity index (χ0n) is 24.2. The van der Waals surface area contributed by atoms with Gasteiger partial charge in [-0.3, -0.25) is 4.90 Å². The Morgan fingerprint density at radius 1 is 0.951 bits per heavy atom. The summed E-state index contributed by atoms with van der Waals surface area (Å²) >= 11 is 0. The summed E-state index contributed by atoms with van der Waals surface area (Å²) in [6.45, 7) is 8.02. The first kappa shape index (κ1) is 28.5. The predicted molar refractivity (Wildman–Crippen MR) is 163 cm³/mol. The second-order valence-corrected chi connectivity index (χ2v) is 10.9. The van der Waals surface area contributed by atoms with Crippen LogP contribution in [0.3, 0.4) is 0 Å². The molecule has 1 aromatic heterocycles. The summed E-state index contributed by atoms with van der Waals surface area (Å²) in [5, 5.41) is 11.7. The third-order valence-electron chi connectivity index (χ3n) is 7.57. The van der Waals surface area contributed by atoms with Gasteiger partial charge in [-0.25, -0.2) is 4.79 Å². The van der Waals surface area contributed by atoms with Crippen LogP contribution in [0.25, 0.3) is 11.3 Å². The van der Waals surface area contributed by atoms with E-state index >= 15 is 0 Å². The van der Waals surface area contributed by atoms with Crippen molar-refractivity contribution in [3.05, 3.63) is 102 Å². The first-order valence-electron chi connectivity index (χ1n) is 14.4. The molecule has 2 amide bonds. The van der Waals surface area contributed by atoms with Crippen LogP contribution in [0.1, 0.15) is 37.3 Å². The summed E-state index contributed by atoms with van der Waals surface area (Å²) < 4.78 is 5.93. The second-order valence-electron chi connectivity index (χ2n) is 10.9. The van der Waals surface area contributed by atoms with Crippen molar-refractivity contribution < 1.29 is 9.53 Å². The van der Waals surface area contributed by atoms with Crippen molar-refractivity contribution in [2.45, 2.75) is 38.4 Å². The molecule has 4 aromatic rings. The van der Waals surface area contributed by atoms with Gasteiger partial charge in [-0.1, -0.05) is 72.8 Å². The number of amides is 2. The molecular formula is C33H40N6O2. The van der Waals surface area contributed by atoms with Crippen molar-refractivity contribution >= 4 is 11.7 Å². The van der Waals surface area contributed by atoms with Crippen LogP contribution in [-0.2, 0) is 11.8 Å². The lowest BCUT2D eigenvalue weighted by atomic mass is 9.88. The highest BCUT2D eigenvalue weighted by molar-refractivity contribution is 5.90. The van der Waals surface area contributed by atoms with Crippen LogP contribution < -0.4 is 5.32 Å². The van der Waals surface area contributed by atoms with E-state index in [0.717, 1.165) is 43.0 Å². The van der Waals surface area contributed by atoms with Gasteiger partial charge in [0.1, 0.15) is 5.69 Å². The molecule has 0 radical (unpaired) electrons. The van der Waals surface area contributed by atoms with E-state index in [4.69, 9.17) is 4.74 Å². The monoisotopic (exact) mass is 552 g/mol. The number of anilines is 1. The highest BCUT2D eigenvalue weighted by Crippen LogP contribution is 2.28. The standard InChI is InChI=1S/C33H40N6O2/c1-25-23-38(24-26(2)41-25)19-20-39(18-17-31(27-11-6-4-7-12-27)28-13-8-5-9-14-28)33(40)35-30-16-10-15-29(21-30)32-22-34-37(3)36-32/h4-16,21-22,25-26,31H,17-20,23-24H2,1-3H3,(H,35,40). The Hall–Kier alpha value is -4.01. The molecule has 3 aromatic carbocycles. The van der Waals surface area contributed by atoms with Gasteiger partial charge in [-0.05, 0) is 43.5 Å². The first-order valence-corrected chi connectivity index (χ1v) is 14.4. The molecule has 0 saturated carbocycles. The maximum atomic E-state index is 13.8. The number of rotatable bonds is 10. The van der Waals surface area contributed by atoms with Crippen molar-refractivity contribution in [2.75, 3.05) is 38.0 Å². The van der Waals surface area contributed by atoms with Crippen LogP contribution in [0.5, 0.6) is 0 Å². The molecular weight excluding hydrogens is 512 g/mol. The van der Waals surface area contributed by atoms with Crippen molar-refractivity contribution in [2.24, 2.45) is 7.05 Å². The molecule has 8 heteroatoms. The maximum absolute atomic E-state index is 13.8. The van der Waals surface area contributed by atoms with E-state index in [1.165, 1.54) is 15.9 Å². The number of urea groups is 1. The number of aromatic nitrogens is 3. The highest BCUT2D eigenvalue weighted by atomic mass is 16.5. The predicted octanol–water partition coefficient (Wildman–Crippen LogP) is 5.65. The average molecular weight is 553 g/mol. The number of nitrogens with one attached hydrogen (secondary N) is 1. The van der Waals surface area contributed by atoms with E-state index in [2.05, 4.69) is 82.8 Å². The third kappa shape index (κ3) is 7.80. The molecule has 1 saturated heterocycles. The normalized spacial score (nSPS) is 17.5. The molecule has 0 bridgehead atoms. The summed E-state index contributed by atoms with van der Waals surface area (Å²) in [5.41, 5.74) is 4.93. The number of carbonyl (C=O) groups is 1. The molecule has 2 unspecified atom stereocenters. The number of hydrogen-bond donors (Lipinski definition) is 1. The van der Waals surface area contributed by atoms with Crippen molar-refractivity contribution in [3.63, 3.8) is 0 Å². The molecule has 0 spiro atoms. The molecule has 0 aliphatic carbocycles. The molecule has 2 heterocycles. The second kappa shape index (κ2) is 13.6.